The first-order valence-corrected chi connectivity index (χ1v) is 4.50. The lowest BCUT2D eigenvalue weighted by Gasteiger charge is -1.98. The van der Waals surface area contributed by atoms with Crippen molar-refractivity contribution in [1.82, 2.24) is 14.5 Å². The van der Waals surface area contributed by atoms with Crippen molar-refractivity contribution < 1.29 is 0 Å². The summed E-state index contributed by atoms with van der Waals surface area (Å²) < 4.78 is 2.07. The van der Waals surface area contributed by atoms with Crippen LogP contribution in [0.15, 0.2) is 49.1 Å². The Labute approximate surface area is 81.0 Å². The van der Waals surface area contributed by atoms with Crippen LogP contribution < -0.4 is 0 Å². The third-order valence-corrected chi connectivity index (χ3v) is 2.31. The van der Waals surface area contributed by atoms with Crippen LogP contribution >= 0.6 is 0 Å². The zero-order valence-electron chi connectivity index (χ0n) is 7.51. The number of aromatic nitrogens is 3. The van der Waals surface area contributed by atoms with E-state index in [9.17, 15) is 0 Å². The Bertz CT molecular complexity index is 549. The molecule has 3 nitrogen and oxygen atoms in total. The standard InChI is InChI=1S/C11H9N3/c1-2-7-14(6-1)10-8-13-11-9(10)4-3-5-12-11/h1-8H,(H,12,13). The monoisotopic (exact) mass is 183 g/mol. The van der Waals surface area contributed by atoms with Gasteiger partial charge in [-0.2, -0.15) is 0 Å². The molecule has 0 aliphatic carbocycles. The molecule has 3 aromatic rings. The van der Waals surface area contributed by atoms with Crippen molar-refractivity contribution in [2.45, 2.75) is 0 Å². The molecular formula is C11H9N3. The Morgan fingerprint density at radius 3 is 2.86 bits per heavy atom. The fourth-order valence-corrected chi connectivity index (χ4v) is 1.65. The SMILES string of the molecule is c1cnc2[nH]cc(-n3cccc3)c2c1. The third kappa shape index (κ3) is 0.956. The van der Waals surface area contributed by atoms with Crippen LogP contribution in [0.5, 0.6) is 0 Å². The molecule has 0 unspecified atom stereocenters. The Morgan fingerprint density at radius 2 is 2.00 bits per heavy atom. The van der Waals surface area contributed by atoms with Gasteiger partial charge in [0.15, 0.2) is 0 Å². The molecule has 1 N–H and O–H groups in total. The van der Waals surface area contributed by atoms with Gasteiger partial charge in [-0.25, -0.2) is 4.98 Å². The van der Waals surface area contributed by atoms with Crippen LogP contribution in [-0.2, 0) is 0 Å². The Hall–Kier alpha value is -2.03. The summed E-state index contributed by atoms with van der Waals surface area (Å²) in [5.74, 6) is 0. The summed E-state index contributed by atoms with van der Waals surface area (Å²) in [6.07, 6.45) is 7.81. The van der Waals surface area contributed by atoms with Crippen molar-refractivity contribution in [2.75, 3.05) is 0 Å². The van der Waals surface area contributed by atoms with E-state index in [4.69, 9.17) is 0 Å². The second-order valence-corrected chi connectivity index (χ2v) is 3.16. The molecule has 0 saturated carbocycles. The van der Waals surface area contributed by atoms with Crippen LogP contribution in [0.1, 0.15) is 0 Å². The topological polar surface area (TPSA) is 33.6 Å². The molecular weight excluding hydrogens is 174 g/mol. The number of nitrogens with zero attached hydrogens (tertiary/aromatic N) is 2. The van der Waals surface area contributed by atoms with Crippen LogP contribution in [0.2, 0.25) is 0 Å². The third-order valence-electron chi connectivity index (χ3n) is 2.31. The molecule has 0 saturated heterocycles. The second-order valence-electron chi connectivity index (χ2n) is 3.16. The lowest BCUT2D eigenvalue weighted by molar-refractivity contribution is 1.09. The number of fused-ring (bicyclic) bond motifs is 1. The van der Waals surface area contributed by atoms with Crippen LogP contribution in [0, 0.1) is 0 Å². The Kier molecular flexibility index (Phi) is 1.44. The van der Waals surface area contributed by atoms with Gasteiger partial charge < -0.3 is 9.55 Å². The van der Waals surface area contributed by atoms with E-state index in [1.54, 1.807) is 6.20 Å². The van der Waals surface area contributed by atoms with Crippen molar-refractivity contribution >= 4 is 11.0 Å². The highest BCUT2D eigenvalue weighted by Crippen LogP contribution is 2.19. The highest BCUT2D eigenvalue weighted by Gasteiger charge is 2.03. The van der Waals surface area contributed by atoms with Crippen molar-refractivity contribution in [3.63, 3.8) is 0 Å². The number of rotatable bonds is 1. The Morgan fingerprint density at radius 1 is 1.14 bits per heavy atom. The molecule has 3 heteroatoms. The van der Waals surface area contributed by atoms with Gasteiger partial charge in [-0.3, -0.25) is 0 Å². The predicted molar refractivity (Wildman–Crippen MR) is 55.4 cm³/mol. The van der Waals surface area contributed by atoms with Gasteiger partial charge in [-0.15, -0.1) is 0 Å². The largest absolute Gasteiger partial charge is 0.344 e. The molecule has 3 aromatic heterocycles. The highest BCUT2D eigenvalue weighted by atomic mass is 15.0. The van der Waals surface area contributed by atoms with Gasteiger partial charge in [0.05, 0.1) is 5.69 Å². The highest BCUT2D eigenvalue weighted by molar-refractivity contribution is 5.85. The van der Waals surface area contributed by atoms with E-state index >= 15 is 0 Å². The summed E-state index contributed by atoms with van der Waals surface area (Å²) in [6, 6.07) is 8.03. The number of pyridine rings is 1. The van der Waals surface area contributed by atoms with E-state index in [-0.39, 0.29) is 0 Å². The maximum Gasteiger partial charge on any atom is 0.139 e. The van der Waals surface area contributed by atoms with E-state index in [1.165, 1.54) is 0 Å². The molecule has 0 atom stereocenters. The van der Waals surface area contributed by atoms with Gasteiger partial charge in [0.2, 0.25) is 0 Å². The van der Waals surface area contributed by atoms with Gasteiger partial charge in [0.25, 0.3) is 0 Å². The smallest absolute Gasteiger partial charge is 0.139 e. The van der Waals surface area contributed by atoms with Gasteiger partial charge in [0.1, 0.15) is 5.65 Å². The number of hydrogen-bond acceptors (Lipinski definition) is 1. The summed E-state index contributed by atoms with van der Waals surface area (Å²) in [4.78, 5) is 7.39. The molecule has 0 aliphatic heterocycles. The number of hydrogen-bond donors (Lipinski definition) is 1. The molecule has 0 radical (unpaired) electrons. The predicted octanol–water partition coefficient (Wildman–Crippen LogP) is 2.35. The van der Waals surface area contributed by atoms with Gasteiger partial charge in [0, 0.05) is 30.2 Å². The van der Waals surface area contributed by atoms with Crippen LogP contribution in [0.25, 0.3) is 16.7 Å². The summed E-state index contributed by atoms with van der Waals surface area (Å²) in [5, 5.41) is 1.14. The molecule has 0 fully saturated rings. The molecule has 0 amide bonds. The van der Waals surface area contributed by atoms with E-state index in [0.29, 0.717) is 0 Å². The van der Waals surface area contributed by atoms with E-state index in [2.05, 4.69) is 20.6 Å². The fourth-order valence-electron chi connectivity index (χ4n) is 1.65. The normalized spacial score (nSPS) is 10.9. The fraction of sp³-hybridized carbons (Fsp3) is 0. The zero-order chi connectivity index (χ0) is 9.38. The van der Waals surface area contributed by atoms with Crippen LogP contribution in [0.3, 0.4) is 0 Å². The molecule has 68 valence electrons. The molecule has 3 rings (SSSR count). The van der Waals surface area contributed by atoms with Crippen LogP contribution in [0.4, 0.5) is 0 Å². The van der Waals surface area contributed by atoms with Crippen molar-refractivity contribution in [2.24, 2.45) is 0 Å². The van der Waals surface area contributed by atoms with Crippen molar-refractivity contribution in [1.29, 1.82) is 0 Å². The van der Waals surface area contributed by atoms with Gasteiger partial charge in [-0.05, 0) is 24.3 Å². The number of H-pyrrole nitrogens is 1. The first-order chi connectivity index (χ1) is 6.95. The lowest BCUT2D eigenvalue weighted by Crippen LogP contribution is -1.86. The summed E-state index contributed by atoms with van der Waals surface area (Å²) in [5.41, 5.74) is 2.06. The first-order valence-electron chi connectivity index (χ1n) is 4.50. The van der Waals surface area contributed by atoms with E-state index in [0.717, 1.165) is 16.7 Å². The maximum atomic E-state index is 4.24. The molecule has 3 heterocycles. The summed E-state index contributed by atoms with van der Waals surface area (Å²) in [6.45, 7) is 0. The van der Waals surface area contributed by atoms with Gasteiger partial charge >= 0.3 is 0 Å². The zero-order valence-corrected chi connectivity index (χ0v) is 7.51. The van der Waals surface area contributed by atoms with Crippen molar-refractivity contribution in [3.05, 3.63) is 49.1 Å². The Balaban J connectivity index is 2.33. The molecule has 0 aromatic carbocycles. The van der Waals surface area contributed by atoms with E-state index < -0.39 is 0 Å². The minimum absolute atomic E-state index is 0.927. The molecule has 0 bridgehead atoms. The van der Waals surface area contributed by atoms with Crippen molar-refractivity contribution in [3.8, 4) is 5.69 Å². The molecule has 0 aliphatic rings. The van der Waals surface area contributed by atoms with E-state index in [1.807, 2.05) is 36.8 Å². The van der Waals surface area contributed by atoms with Crippen LogP contribution in [-0.4, -0.2) is 14.5 Å². The molecule has 14 heavy (non-hydrogen) atoms. The minimum atomic E-state index is 0.927. The second kappa shape index (κ2) is 2.73. The minimum Gasteiger partial charge on any atom is -0.344 e. The summed E-state index contributed by atoms with van der Waals surface area (Å²) >= 11 is 0. The number of aromatic amines is 1. The average Bonchev–Trinajstić information content (AvgIpc) is 2.85. The number of nitrogens with one attached hydrogen (secondary N) is 1. The van der Waals surface area contributed by atoms with Gasteiger partial charge in [-0.1, -0.05) is 0 Å². The first kappa shape index (κ1) is 7.38. The quantitative estimate of drug-likeness (QED) is 0.617. The average molecular weight is 183 g/mol. The summed E-state index contributed by atoms with van der Waals surface area (Å²) in [7, 11) is 0. The maximum absolute atomic E-state index is 4.24. The lowest BCUT2D eigenvalue weighted by atomic mass is 10.3. The molecule has 0 spiro atoms.